The molecule has 3 atom stereocenters. The number of alkyl carbamates (subject to hydrolysis) is 1. The maximum absolute atomic E-state index is 14.1. The standard InChI is InChI=1S/C24H34F4N2O2/c1-23(2,3)32-22(31)29-21-9-5-4-8-17(21)13-16-7-6-12-30(15-16)18-10-11-19(20(25)14-18)24(26,27)28/h10-11,14,16-17,21H,4-9,12-13,15H2,1-3H3,(H,29,31)/t16?,17-,21+/m0/s1. The van der Waals surface area contributed by atoms with Gasteiger partial charge >= 0.3 is 12.3 Å². The number of rotatable bonds is 4. The Hall–Kier alpha value is -1.99. The van der Waals surface area contributed by atoms with Crippen LogP contribution in [-0.2, 0) is 10.9 Å². The van der Waals surface area contributed by atoms with Gasteiger partial charge in [-0.3, -0.25) is 0 Å². The van der Waals surface area contributed by atoms with Crippen molar-refractivity contribution in [2.45, 2.75) is 83.5 Å². The molecule has 1 N–H and O–H groups in total. The van der Waals surface area contributed by atoms with E-state index in [4.69, 9.17) is 4.74 Å². The first-order chi connectivity index (χ1) is 14.9. The van der Waals surface area contributed by atoms with Crippen LogP contribution in [0.1, 0.15) is 71.3 Å². The Morgan fingerprint density at radius 3 is 2.50 bits per heavy atom. The van der Waals surface area contributed by atoms with Gasteiger partial charge in [0.15, 0.2) is 0 Å². The Balaban J connectivity index is 1.62. The SMILES string of the molecule is CC(C)(C)OC(=O)N[C@@H]1CCCC[C@H]1CC1CCCN(c2ccc(C(F)(F)F)c(F)c2)C1. The van der Waals surface area contributed by atoms with Crippen LogP contribution in [0.25, 0.3) is 0 Å². The van der Waals surface area contributed by atoms with Crippen LogP contribution in [-0.4, -0.2) is 30.8 Å². The van der Waals surface area contributed by atoms with E-state index in [0.29, 0.717) is 30.6 Å². The number of ether oxygens (including phenoxy) is 1. The highest BCUT2D eigenvalue weighted by Gasteiger charge is 2.35. The number of carbonyl (C=O) groups excluding carboxylic acids is 1. The zero-order valence-electron chi connectivity index (χ0n) is 19.1. The quantitative estimate of drug-likeness (QED) is 0.521. The molecule has 1 saturated heterocycles. The summed E-state index contributed by atoms with van der Waals surface area (Å²) in [7, 11) is 0. The van der Waals surface area contributed by atoms with Crippen LogP contribution in [0.2, 0.25) is 0 Å². The van der Waals surface area contributed by atoms with E-state index in [2.05, 4.69) is 5.32 Å². The number of alkyl halides is 3. The number of benzene rings is 1. The van der Waals surface area contributed by atoms with Gasteiger partial charge in [-0.05, 0) is 82.9 Å². The summed E-state index contributed by atoms with van der Waals surface area (Å²) in [6, 6.07) is 3.26. The molecule has 8 heteroatoms. The minimum absolute atomic E-state index is 0.0671. The third kappa shape index (κ3) is 6.75. The highest BCUT2D eigenvalue weighted by atomic mass is 19.4. The Kier molecular flexibility index (Phi) is 7.61. The molecule has 1 aromatic rings. The minimum atomic E-state index is -4.69. The fourth-order valence-corrected chi connectivity index (χ4v) is 4.99. The normalized spacial score (nSPS) is 24.8. The van der Waals surface area contributed by atoms with Crippen LogP contribution in [0.3, 0.4) is 0 Å². The van der Waals surface area contributed by atoms with Crippen molar-refractivity contribution in [3.05, 3.63) is 29.6 Å². The van der Waals surface area contributed by atoms with Gasteiger partial charge < -0.3 is 15.0 Å². The van der Waals surface area contributed by atoms with Crippen molar-refractivity contribution in [1.29, 1.82) is 0 Å². The largest absolute Gasteiger partial charge is 0.444 e. The first-order valence-electron chi connectivity index (χ1n) is 11.5. The Morgan fingerprint density at radius 2 is 1.84 bits per heavy atom. The molecule has 1 saturated carbocycles. The lowest BCUT2D eigenvalue weighted by Crippen LogP contribution is -2.46. The van der Waals surface area contributed by atoms with Gasteiger partial charge in [0.1, 0.15) is 11.4 Å². The molecule has 1 aliphatic carbocycles. The monoisotopic (exact) mass is 458 g/mol. The van der Waals surface area contributed by atoms with Crippen molar-refractivity contribution in [2.75, 3.05) is 18.0 Å². The van der Waals surface area contributed by atoms with E-state index in [-0.39, 0.29) is 12.1 Å². The van der Waals surface area contributed by atoms with Gasteiger partial charge in [-0.2, -0.15) is 13.2 Å². The van der Waals surface area contributed by atoms with Crippen molar-refractivity contribution in [2.24, 2.45) is 11.8 Å². The third-order valence-electron chi connectivity index (χ3n) is 6.39. The molecule has 32 heavy (non-hydrogen) atoms. The molecular weight excluding hydrogens is 424 g/mol. The fourth-order valence-electron chi connectivity index (χ4n) is 4.99. The summed E-state index contributed by atoms with van der Waals surface area (Å²) in [6.07, 6.45) is 1.93. The molecule has 0 radical (unpaired) electrons. The predicted molar refractivity (Wildman–Crippen MR) is 116 cm³/mol. The summed E-state index contributed by atoms with van der Waals surface area (Å²) in [6.45, 7) is 6.90. The molecule has 1 unspecified atom stereocenters. The number of halogens is 4. The summed E-state index contributed by atoms with van der Waals surface area (Å²) >= 11 is 0. The fraction of sp³-hybridized carbons (Fsp3) is 0.708. The number of carbonyl (C=O) groups is 1. The number of anilines is 1. The van der Waals surface area contributed by atoms with Gasteiger partial charge in [0.05, 0.1) is 5.56 Å². The molecule has 0 spiro atoms. The Labute approximate surface area is 187 Å². The van der Waals surface area contributed by atoms with Crippen LogP contribution in [0, 0.1) is 17.7 Å². The second kappa shape index (κ2) is 9.87. The zero-order valence-corrected chi connectivity index (χ0v) is 19.1. The number of piperidine rings is 1. The summed E-state index contributed by atoms with van der Waals surface area (Å²) in [5, 5.41) is 3.05. The van der Waals surface area contributed by atoms with Crippen molar-refractivity contribution in [3.8, 4) is 0 Å². The van der Waals surface area contributed by atoms with E-state index in [1.54, 1.807) is 0 Å². The van der Waals surface area contributed by atoms with Gasteiger partial charge in [0.2, 0.25) is 0 Å². The van der Waals surface area contributed by atoms with Crippen LogP contribution in [0.5, 0.6) is 0 Å². The second-order valence-electron chi connectivity index (χ2n) is 10.1. The van der Waals surface area contributed by atoms with E-state index in [9.17, 15) is 22.4 Å². The Bertz CT molecular complexity index is 791. The number of hydrogen-bond donors (Lipinski definition) is 1. The molecule has 180 valence electrons. The lowest BCUT2D eigenvalue weighted by molar-refractivity contribution is -0.139. The molecule has 3 rings (SSSR count). The molecule has 2 aliphatic rings. The van der Waals surface area contributed by atoms with Crippen LogP contribution in [0.15, 0.2) is 18.2 Å². The van der Waals surface area contributed by atoms with Gasteiger partial charge in [-0.25, -0.2) is 9.18 Å². The van der Waals surface area contributed by atoms with Crippen LogP contribution >= 0.6 is 0 Å². The minimum Gasteiger partial charge on any atom is -0.444 e. The van der Waals surface area contributed by atoms with Crippen LogP contribution < -0.4 is 10.2 Å². The molecule has 1 aliphatic heterocycles. The van der Waals surface area contributed by atoms with Crippen molar-refractivity contribution in [3.63, 3.8) is 0 Å². The Morgan fingerprint density at radius 1 is 1.12 bits per heavy atom. The van der Waals surface area contributed by atoms with E-state index in [0.717, 1.165) is 57.1 Å². The average molecular weight is 459 g/mol. The highest BCUT2D eigenvalue weighted by Crippen LogP contribution is 2.36. The molecule has 1 heterocycles. The van der Waals surface area contributed by atoms with E-state index in [1.807, 2.05) is 25.7 Å². The summed E-state index contributed by atoms with van der Waals surface area (Å²) in [5.74, 6) is -0.545. The zero-order chi connectivity index (χ0) is 23.5. The van der Waals surface area contributed by atoms with E-state index >= 15 is 0 Å². The number of nitrogens with zero attached hydrogens (tertiary/aromatic N) is 1. The van der Waals surface area contributed by atoms with Crippen LogP contribution in [0.4, 0.5) is 28.0 Å². The average Bonchev–Trinajstić information content (AvgIpc) is 2.67. The molecule has 0 bridgehead atoms. The van der Waals surface area contributed by atoms with Crippen molar-refractivity contribution < 1.29 is 27.1 Å². The van der Waals surface area contributed by atoms with Crippen molar-refractivity contribution >= 4 is 11.8 Å². The van der Waals surface area contributed by atoms with Crippen molar-refractivity contribution in [1.82, 2.24) is 5.32 Å². The van der Waals surface area contributed by atoms with Gasteiger partial charge in [0, 0.05) is 24.8 Å². The molecule has 1 amide bonds. The van der Waals surface area contributed by atoms with E-state index in [1.165, 1.54) is 6.07 Å². The maximum atomic E-state index is 14.1. The smallest absolute Gasteiger partial charge is 0.419 e. The summed E-state index contributed by atoms with van der Waals surface area (Å²) in [4.78, 5) is 14.3. The molecule has 0 aromatic heterocycles. The molecule has 1 aromatic carbocycles. The molecule has 2 fully saturated rings. The predicted octanol–water partition coefficient (Wildman–Crippen LogP) is 6.53. The maximum Gasteiger partial charge on any atom is 0.419 e. The molecular formula is C24H34F4N2O2. The first-order valence-corrected chi connectivity index (χ1v) is 11.5. The van der Waals surface area contributed by atoms with Gasteiger partial charge in [0.25, 0.3) is 0 Å². The van der Waals surface area contributed by atoms with Gasteiger partial charge in [-0.1, -0.05) is 12.8 Å². The highest BCUT2D eigenvalue weighted by molar-refractivity contribution is 5.68. The number of amides is 1. The lowest BCUT2D eigenvalue weighted by atomic mass is 9.77. The number of hydrogen-bond acceptors (Lipinski definition) is 3. The lowest BCUT2D eigenvalue weighted by Gasteiger charge is -2.39. The van der Waals surface area contributed by atoms with Gasteiger partial charge in [-0.15, -0.1) is 0 Å². The molecule has 4 nitrogen and oxygen atoms in total. The summed E-state index contributed by atoms with van der Waals surface area (Å²) < 4.78 is 58.1. The number of nitrogens with one attached hydrogen (secondary N) is 1. The third-order valence-corrected chi connectivity index (χ3v) is 6.39. The topological polar surface area (TPSA) is 41.6 Å². The first kappa shape index (κ1) is 24.6. The van der Waals surface area contributed by atoms with E-state index < -0.39 is 23.2 Å². The second-order valence-corrected chi connectivity index (χ2v) is 10.1. The summed E-state index contributed by atoms with van der Waals surface area (Å²) in [5.41, 5.74) is -1.28.